The number of carbonyl (C=O) groups is 1. The van der Waals surface area contributed by atoms with Crippen LogP contribution in [0.25, 0.3) is 0 Å². The van der Waals surface area contributed by atoms with E-state index < -0.39 is 0 Å². The van der Waals surface area contributed by atoms with Crippen LogP contribution in [-0.2, 0) is 9.53 Å². The Morgan fingerprint density at radius 2 is 2.26 bits per heavy atom. The third-order valence-corrected chi connectivity index (χ3v) is 3.60. The first kappa shape index (κ1) is 13.9. The number of aryl methyl sites for hydroxylation is 1. The lowest BCUT2D eigenvalue weighted by Crippen LogP contribution is -2.26. The quantitative estimate of drug-likeness (QED) is 0.877. The monoisotopic (exact) mass is 262 g/mol. The van der Waals surface area contributed by atoms with Crippen LogP contribution in [0.15, 0.2) is 18.2 Å². The van der Waals surface area contributed by atoms with E-state index in [1.165, 1.54) is 6.92 Å². The fourth-order valence-electron chi connectivity index (χ4n) is 2.41. The number of ether oxygens (including phenoxy) is 1. The Hall–Kier alpha value is -1.55. The van der Waals surface area contributed by atoms with Gasteiger partial charge in [0.1, 0.15) is 0 Å². The lowest BCUT2D eigenvalue weighted by molar-refractivity contribution is -0.114. The van der Waals surface area contributed by atoms with Crippen molar-refractivity contribution in [2.75, 3.05) is 23.8 Å². The Bertz CT molecular complexity index is 453. The molecule has 19 heavy (non-hydrogen) atoms. The molecule has 1 aromatic carbocycles. The highest BCUT2D eigenvalue weighted by Gasteiger charge is 2.22. The molecule has 1 aromatic rings. The van der Waals surface area contributed by atoms with Crippen molar-refractivity contribution >= 4 is 17.3 Å². The highest BCUT2D eigenvalue weighted by molar-refractivity contribution is 5.89. The highest BCUT2D eigenvalue weighted by Crippen LogP contribution is 2.23. The summed E-state index contributed by atoms with van der Waals surface area (Å²) in [5.41, 5.74) is 3.02. The van der Waals surface area contributed by atoms with E-state index in [-0.39, 0.29) is 5.91 Å². The van der Waals surface area contributed by atoms with E-state index in [2.05, 4.69) is 23.6 Å². The van der Waals surface area contributed by atoms with Gasteiger partial charge in [-0.25, -0.2) is 0 Å². The second kappa shape index (κ2) is 6.06. The maximum absolute atomic E-state index is 11.1. The van der Waals surface area contributed by atoms with Crippen molar-refractivity contribution in [1.82, 2.24) is 0 Å². The minimum absolute atomic E-state index is 0.0414. The van der Waals surface area contributed by atoms with Crippen LogP contribution in [0.1, 0.15) is 25.8 Å². The predicted molar refractivity (Wildman–Crippen MR) is 77.5 cm³/mol. The van der Waals surface area contributed by atoms with Crippen LogP contribution in [0, 0.1) is 12.8 Å². The van der Waals surface area contributed by atoms with Gasteiger partial charge in [-0.1, -0.05) is 0 Å². The third kappa shape index (κ3) is 3.70. The van der Waals surface area contributed by atoms with Crippen LogP contribution < -0.4 is 10.6 Å². The summed E-state index contributed by atoms with van der Waals surface area (Å²) in [6.45, 7) is 7.43. The molecule has 2 rings (SSSR count). The fraction of sp³-hybridized carbons (Fsp3) is 0.533. The standard InChI is InChI=1S/C15H22N2O2/c1-10-8-14(4-5-15(10)17-12(3)18)16-11(2)13-6-7-19-9-13/h4-5,8,11,13,16H,6-7,9H2,1-3H3,(H,17,18). The third-order valence-electron chi connectivity index (χ3n) is 3.60. The van der Waals surface area contributed by atoms with Gasteiger partial charge in [0.25, 0.3) is 0 Å². The minimum Gasteiger partial charge on any atom is -0.382 e. The molecule has 1 aliphatic heterocycles. The molecular formula is C15H22N2O2. The molecule has 1 saturated heterocycles. The SMILES string of the molecule is CC(=O)Nc1ccc(NC(C)C2CCOC2)cc1C. The van der Waals surface area contributed by atoms with Gasteiger partial charge >= 0.3 is 0 Å². The van der Waals surface area contributed by atoms with Gasteiger partial charge in [0.15, 0.2) is 0 Å². The van der Waals surface area contributed by atoms with E-state index >= 15 is 0 Å². The molecule has 1 heterocycles. The molecule has 4 nitrogen and oxygen atoms in total. The number of nitrogens with one attached hydrogen (secondary N) is 2. The van der Waals surface area contributed by atoms with E-state index in [1.807, 2.05) is 19.1 Å². The average molecular weight is 262 g/mol. The van der Waals surface area contributed by atoms with Crippen molar-refractivity contribution in [2.45, 2.75) is 33.2 Å². The molecule has 1 fully saturated rings. The molecule has 0 saturated carbocycles. The first-order valence-electron chi connectivity index (χ1n) is 6.79. The van der Waals surface area contributed by atoms with Crippen LogP contribution in [0.4, 0.5) is 11.4 Å². The van der Waals surface area contributed by atoms with Gasteiger partial charge in [-0.2, -0.15) is 0 Å². The second-order valence-electron chi connectivity index (χ2n) is 5.27. The van der Waals surface area contributed by atoms with Crippen LogP contribution in [0.5, 0.6) is 0 Å². The summed E-state index contributed by atoms with van der Waals surface area (Å²) in [7, 11) is 0. The molecule has 2 atom stereocenters. The smallest absolute Gasteiger partial charge is 0.221 e. The number of anilines is 2. The van der Waals surface area contributed by atoms with Crippen molar-refractivity contribution in [1.29, 1.82) is 0 Å². The van der Waals surface area contributed by atoms with Crippen molar-refractivity contribution in [2.24, 2.45) is 5.92 Å². The Labute approximate surface area is 114 Å². The molecule has 2 N–H and O–H groups in total. The van der Waals surface area contributed by atoms with Crippen LogP contribution >= 0.6 is 0 Å². The summed E-state index contributed by atoms with van der Waals surface area (Å²) in [4.78, 5) is 11.1. The number of carbonyl (C=O) groups excluding carboxylic acids is 1. The number of hydrogen-bond donors (Lipinski definition) is 2. The Morgan fingerprint density at radius 3 is 2.84 bits per heavy atom. The molecule has 1 aliphatic rings. The summed E-state index contributed by atoms with van der Waals surface area (Å²) in [6.07, 6.45) is 1.12. The Kier molecular flexibility index (Phi) is 4.43. The second-order valence-corrected chi connectivity index (χ2v) is 5.27. The molecule has 0 spiro atoms. The minimum atomic E-state index is -0.0414. The predicted octanol–water partition coefficient (Wildman–Crippen LogP) is 2.79. The van der Waals surface area contributed by atoms with Crippen molar-refractivity contribution in [3.8, 4) is 0 Å². The topological polar surface area (TPSA) is 50.4 Å². The van der Waals surface area contributed by atoms with E-state index in [0.29, 0.717) is 12.0 Å². The van der Waals surface area contributed by atoms with Gasteiger partial charge in [-0.15, -0.1) is 0 Å². The van der Waals surface area contributed by atoms with Gasteiger partial charge in [-0.3, -0.25) is 4.79 Å². The van der Waals surface area contributed by atoms with Crippen LogP contribution in [-0.4, -0.2) is 25.2 Å². The van der Waals surface area contributed by atoms with E-state index in [0.717, 1.165) is 36.6 Å². The van der Waals surface area contributed by atoms with E-state index in [4.69, 9.17) is 4.74 Å². The van der Waals surface area contributed by atoms with Gasteiger partial charge in [0.2, 0.25) is 5.91 Å². The summed E-state index contributed by atoms with van der Waals surface area (Å²) >= 11 is 0. The highest BCUT2D eigenvalue weighted by atomic mass is 16.5. The number of rotatable bonds is 4. The molecule has 2 unspecified atom stereocenters. The van der Waals surface area contributed by atoms with Crippen molar-refractivity contribution in [3.05, 3.63) is 23.8 Å². The maximum atomic E-state index is 11.1. The first-order valence-corrected chi connectivity index (χ1v) is 6.79. The normalized spacial score (nSPS) is 20.1. The van der Waals surface area contributed by atoms with Gasteiger partial charge in [-0.05, 0) is 44.0 Å². The van der Waals surface area contributed by atoms with Crippen molar-refractivity contribution in [3.63, 3.8) is 0 Å². The lowest BCUT2D eigenvalue weighted by atomic mass is 10.0. The first-order chi connectivity index (χ1) is 9.06. The van der Waals surface area contributed by atoms with Crippen molar-refractivity contribution < 1.29 is 9.53 Å². The zero-order valence-corrected chi connectivity index (χ0v) is 11.8. The number of benzene rings is 1. The maximum Gasteiger partial charge on any atom is 0.221 e. The summed E-state index contributed by atoms with van der Waals surface area (Å²) in [5.74, 6) is 0.538. The van der Waals surface area contributed by atoms with Gasteiger partial charge in [0.05, 0.1) is 6.61 Å². The van der Waals surface area contributed by atoms with Crippen LogP contribution in [0.3, 0.4) is 0 Å². The van der Waals surface area contributed by atoms with E-state index in [1.54, 1.807) is 0 Å². The molecule has 0 aromatic heterocycles. The summed E-state index contributed by atoms with van der Waals surface area (Å²) < 4.78 is 5.42. The number of hydrogen-bond acceptors (Lipinski definition) is 3. The van der Waals surface area contributed by atoms with Crippen LogP contribution in [0.2, 0.25) is 0 Å². The summed E-state index contributed by atoms with van der Waals surface area (Å²) in [6, 6.07) is 6.41. The fourth-order valence-corrected chi connectivity index (χ4v) is 2.41. The average Bonchev–Trinajstić information content (AvgIpc) is 2.86. The summed E-state index contributed by atoms with van der Waals surface area (Å²) in [5, 5.41) is 6.33. The van der Waals surface area contributed by atoms with Gasteiger partial charge in [0, 0.05) is 36.9 Å². The molecule has 104 valence electrons. The zero-order valence-electron chi connectivity index (χ0n) is 11.8. The molecule has 4 heteroatoms. The molecule has 0 aliphatic carbocycles. The molecule has 0 bridgehead atoms. The Balaban J connectivity index is 2.00. The molecule has 1 amide bonds. The molecule has 0 radical (unpaired) electrons. The largest absolute Gasteiger partial charge is 0.382 e. The van der Waals surface area contributed by atoms with Gasteiger partial charge < -0.3 is 15.4 Å². The molecular weight excluding hydrogens is 240 g/mol. The number of amides is 1. The van der Waals surface area contributed by atoms with E-state index in [9.17, 15) is 4.79 Å². The zero-order chi connectivity index (χ0) is 13.8. The lowest BCUT2D eigenvalue weighted by Gasteiger charge is -2.21. The Morgan fingerprint density at radius 1 is 1.47 bits per heavy atom.